The van der Waals surface area contributed by atoms with Crippen molar-refractivity contribution in [1.29, 1.82) is 0 Å². The van der Waals surface area contributed by atoms with Gasteiger partial charge in [-0.1, -0.05) is 36.0 Å². The zero-order chi connectivity index (χ0) is 17.5. The molecule has 25 heavy (non-hydrogen) atoms. The van der Waals surface area contributed by atoms with Crippen LogP contribution >= 0.6 is 23.1 Å². The van der Waals surface area contributed by atoms with Crippen molar-refractivity contribution < 1.29 is 9.18 Å². The molecule has 0 atom stereocenters. The lowest BCUT2D eigenvalue weighted by Gasteiger charge is -2.05. The molecule has 0 saturated heterocycles. The molecule has 0 radical (unpaired) electrons. The largest absolute Gasteiger partial charge is 0.356 e. The van der Waals surface area contributed by atoms with Crippen molar-refractivity contribution in [3.63, 3.8) is 0 Å². The third-order valence-corrected chi connectivity index (χ3v) is 5.96. The molecule has 2 aromatic carbocycles. The molecule has 1 amide bonds. The minimum Gasteiger partial charge on any atom is -0.356 e. The Morgan fingerprint density at radius 1 is 1.16 bits per heavy atom. The number of hydrogen-bond donors (Lipinski definition) is 1. The molecule has 3 aromatic rings. The van der Waals surface area contributed by atoms with E-state index >= 15 is 0 Å². The average molecular weight is 375 g/mol. The van der Waals surface area contributed by atoms with E-state index in [4.69, 9.17) is 0 Å². The predicted molar refractivity (Wildman–Crippen MR) is 103 cm³/mol. The second-order valence-electron chi connectivity index (χ2n) is 5.63. The van der Waals surface area contributed by atoms with Gasteiger partial charge < -0.3 is 5.32 Å². The number of nitrogens with one attached hydrogen (secondary N) is 1. The molecule has 0 aliphatic carbocycles. The maximum atomic E-state index is 12.8. The molecule has 1 heterocycles. The molecule has 0 bridgehead atoms. The number of carbonyl (C=O) groups is 1. The number of thioether (sulfide) groups is 1. The fraction of sp³-hybridized carbons (Fsp3) is 0.263. The lowest BCUT2D eigenvalue weighted by atomic mass is 10.1. The highest BCUT2D eigenvalue weighted by Crippen LogP contribution is 2.29. The monoisotopic (exact) mass is 374 g/mol. The van der Waals surface area contributed by atoms with Crippen molar-refractivity contribution >= 4 is 39.2 Å². The van der Waals surface area contributed by atoms with Crippen molar-refractivity contribution in [2.24, 2.45) is 0 Å². The first kappa shape index (κ1) is 17.9. The van der Waals surface area contributed by atoms with Gasteiger partial charge >= 0.3 is 0 Å². The number of para-hydroxylation sites is 1. The van der Waals surface area contributed by atoms with Gasteiger partial charge in [0.2, 0.25) is 5.91 Å². The molecule has 1 aromatic heterocycles. The second-order valence-corrected chi connectivity index (χ2v) is 8.00. The van der Waals surface area contributed by atoms with Crippen LogP contribution in [0.5, 0.6) is 0 Å². The summed E-state index contributed by atoms with van der Waals surface area (Å²) in [6.45, 7) is 0.579. The molecule has 0 spiro atoms. The molecule has 0 saturated carbocycles. The maximum absolute atomic E-state index is 12.8. The van der Waals surface area contributed by atoms with Crippen molar-refractivity contribution in [2.45, 2.75) is 23.6 Å². The predicted octanol–water partition coefficient (Wildman–Crippen LogP) is 4.67. The highest BCUT2D eigenvalue weighted by Gasteiger charge is 2.05. The molecular formula is C19H19FN2OS2. The molecule has 3 nitrogen and oxygen atoms in total. The van der Waals surface area contributed by atoms with Gasteiger partial charge in [0.25, 0.3) is 0 Å². The quantitative estimate of drug-likeness (QED) is 0.460. The number of benzene rings is 2. The molecule has 0 aliphatic heterocycles. The van der Waals surface area contributed by atoms with E-state index in [2.05, 4.69) is 16.4 Å². The fourth-order valence-electron chi connectivity index (χ4n) is 2.39. The summed E-state index contributed by atoms with van der Waals surface area (Å²) in [5, 5.41) is 2.91. The van der Waals surface area contributed by atoms with Gasteiger partial charge in [0.1, 0.15) is 5.82 Å². The van der Waals surface area contributed by atoms with E-state index in [0.717, 1.165) is 27.6 Å². The zero-order valence-electron chi connectivity index (χ0n) is 13.7. The number of fused-ring (bicyclic) bond motifs is 1. The van der Waals surface area contributed by atoms with Gasteiger partial charge in [-0.15, -0.1) is 11.3 Å². The van der Waals surface area contributed by atoms with Crippen LogP contribution in [0.4, 0.5) is 4.39 Å². The number of aromatic nitrogens is 1. The molecule has 1 N–H and O–H groups in total. The SMILES string of the molecule is O=C(CCCSc1nc2ccccc2s1)NCCc1ccc(F)cc1. The van der Waals surface area contributed by atoms with E-state index in [1.165, 1.54) is 16.8 Å². The Morgan fingerprint density at radius 2 is 1.96 bits per heavy atom. The van der Waals surface area contributed by atoms with E-state index in [-0.39, 0.29) is 11.7 Å². The first-order valence-electron chi connectivity index (χ1n) is 8.20. The Morgan fingerprint density at radius 3 is 2.76 bits per heavy atom. The van der Waals surface area contributed by atoms with E-state index < -0.39 is 0 Å². The Kier molecular flexibility index (Phi) is 6.42. The number of halogens is 1. The minimum atomic E-state index is -0.238. The number of amides is 1. The van der Waals surface area contributed by atoms with Crippen molar-refractivity contribution in [2.75, 3.05) is 12.3 Å². The number of nitrogens with zero attached hydrogens (tertiary/aromatic N) is 1. The lowest BCUT2D eigenvalue weighted by molar-refractivity contribution is -0.121. The molecule has 0 fully saturated rings. The van der Waals surface area contributed by atoms with Crippen molar-refractivity contribution in [3.05, 3.63) is 59.9 Å². The van der Waals surface area contributed by atoms with Crippen molar-refractivity contribution in [3.8, 4) is 0 Å². The molecule has 6 heteroatoms. The van der Waals surface area contributed by atoms with E-state index in [0.29, 0.717) is 19.4 Å². The highest BCUT2D eigenvalue weighted by molar-refractivity contribution is 8.01. The van der Waals surface area contributed by atoms with Crippen LogP contribution in [0, 0.1) is 5.82 Å². The van der Waals surface area contributed by atoms with E-state index in [9.17, 15) is 9.18 Å². The number of thiazole rings is 1. The molecule has 0 unspecified atom stereocenters. The van der Waals surface area contributed by atoms with Crippen LogP contribution in [0.15, 0.2) is 52.9 Å². The molecule has 0 aliphatic rings. The molecule has 3 rings (SSSR count). The van der Waals surface area contributed by atoms with Crippen LogP contribution in [0.3, 0.4) is 0 Å². The van der Waals surface area contributed by atoms with Crippen LogP contribution in [0.1, 0.15) is 18.4 Å². The number of hydrogen-bond acceptors (Lipinski definition) is 4. The van der Waals surface area contributed by atoms with Crippen LogP contribution in [0.25, 0.3) is 10.2 Å². The number of carbonyl (C=O) groups excluding carboxylic acids is 1. The summed E-state index contributed by atoms with van der Waals surface area (Å²) in [5.41, 5.74) is 2.06. The van der Waals surface area contributed by atoms with Crippen LogP contribution < -0.4 is 5.32 Å². The van der Waals surface area contributed by atoms with Crippen LogP contribution in [0.2, 0.25) is 0 Å². The first-order valence-corrected chi connectivity index (χ1v) is 10.0. The smallest absolute Gasteiger partial charge is 0.220 e. The third-order valence-electron chi connectivity index (χ3n) is 3.70. The third kappa shape index (κ3) is 5.54. The van der Waals surface area contributed by atoms with Gasteiger partial charge in [-0.3, -0.25) is 4.79 Å². The Labute approximate surface area is 154 Å². The summed E-state index contributed by atoms with van der Waals surface area (Å²) in [4.78, 5) is 16.4. The summed E-state index contributed by atoms with van der Waals surface area (Å²) in [6, 6.07) is 14.5. The second kappa shape index (κ2) is 8.97. The Hall–Kier alpha value is -1.92. The summed E-state index contributed by atoms with van der Waals surface area (Å²) >= 11 is 3.40. The van der Waals surface area contributed by atoms with Gasteiger partial charge in [-0.2, -0.15) is 0 Å². The van der Waals surface area contributed by atoms with Crippen molar-refractivity contribution in [1.82, 2.24) is 10.3 Å². The highest BCUT2D eigenvalue weighted by atomic mass is 32.2. The fourth-order valence-corrected chi connectivity index (χ4v) is 4.47. The van der Waals surface area contributed by atoms with Gasteiger partial charge in [-0.05, 0) is 42.7 Å². The van der Waals surface area contributed by atoms with Gasteiger partial charge in [0.15, 0.2) is 4.34 Å². The summed E-state index contributed by atoms with van der Waals surface area (Å²) in [6.07, 6.45) is 2.05. The summed E-state index contributed by atoms with van der Waals surface area (Å²) in [7, 11) is 0. The summed E-state index contributed by atoms with van der Waals surface area (Å²) < 4.78 is 15.1. The minimum absolute atomic E-state index is 0.0620. The topological polar surface area (TPSA) is 42.0 Å². The van der Waals surface area contributed by atoms with Gasteiger partial charge in [0, 0.05) is 18.7 Å². The Balaban J connectivity index is 1.31. The average Bonchev–Trinajstić information content (AvgIpc) is 3.03. The van der Waals surface area contributed by atoms with Gasteiger partial charge in [-0.25, -0.2) is 9.37 Å². The summed E-state index contributed by atoms with van der Waals surface area (Å²) in [5.74, 6) is 0.705. The van der Waals surface area contributed by atoms with Crippen LogP contribution in [-0.4, -0.2) is 23.2 Å². The lowest BCUT2D eigenvalue weighted by Crippen LogP contribution is -2.25. The molecular weight excluding hydrogens is 355 g/mol. The van der Waals surface area contributed by atoms with E-state index in [1.807, 2.05) is 18.2 Å². The zero-order valence-corrected chi connectivity index (χ0v) is 15.3. The first-order chi connectivity index (χ1) is 12.2. The number of rotatable bonds is 8. The molecule has 130 valence electrons. The Bertz CT molecular complexity index is 800. The van der Waals surface area contributed by atoms with Crippen LogP contribution in [-0.2, 0) is 11.2 Å². The van der Waals surface area contributed by atoms with Gasteiger partial charge in [0.05, 0.1) is 10.2 Å². The normalized spacial score (nSPS) is 10.9. The standard InChI is InChI=1S/C19H19FN2OS2/c20-15-9-7-14(8-10-15)11-12-21-18(23)6-3-13-24-19-22-16-4-1-2-5-17(16)25-19/h1-2,4-5,7-10H,3,6,11-13H2,(H,21,23). The van der Waals surface area contributed by atoms with E-state index in [1.54, 1.807) is 35.2 Å². The maximum Gasteiger partial charge on any atom is 0.220 e.